The Kier molecular flexibility index (Phi) is 6.76. The third kappa shape index (κ3) is 5.38. The Labute approximate surface area is 212 Å². The number of aliphatic imine (C=N–C) groups is 2. The minimum Gasteiger partial charge on any atom is -0.307 e. The Morgan fingerprint density at radius 2 is 2.00 bits per heavy atom. The van der Waals surface area contributed by atoms with Crippen LogP contribution in [0.1, 0.15) is 35.2 Å². The van der Waals surface area contributed by atoms with Gasteiger partial charge in [-0.3, -0.25) is 9.79 Å². The number of allylic oxidation sites excluding steroid dienone is 1. The van der Waals surface area contributed by atoms with Crippen molar-refractivity contribution in [1.82, 2.24) is 9.88 Å². The fourth-order valence-electron chi connectivity index (χ4n) is 4.87. The molecule has 192 valence electrons. The number of pyridine rings is 1. The third-order valence-corrected chi connectivity index (χ3v) is 6.74. The minimum absolute atomic E-state index is 0.0299. The van der Waals surface area contributed by atoms with Gasteiger partial charge in [-0.05, 0) is 55.8 Å². The average Bonchev–Trinajstić information content (AvgIpc) is 3.21. The van der Waals surface area contributed by atoms with E-state index in [0.29, 0.717) is 36.0 Å². The van der Waals surface area contributed by atoms with Gasteiger partial charge in [-0.15, -0.1) is 4.59 Å². The lowest BCUT2D eigenvalue weighted by atomic mass is 9.93. The first kappa shape index (κ1) is 25.0. The standard InChI is InChI=1S/C26H26F3N7O/c27-26(28,29)10-14-35-13-3-4-20(17-35)23-21-16-31-12-15-36(21,30)24(34-23)18-6-8-19(9-7-18)25(37)33-22-5-1-2-11-32-22/h1-2,5-9,11-12,15-16,20H,3-4,10,13-14,17,30H2/p+1. The van der Waals surface area contributed by atoms with Crippen LogP contribution < -0.4 is 11.2 Å². The predicted molar refractivity (Wildman–Crippen MR) is 134 cm³/mol. The molecule has 5 rings (SSSR count). The minimum atomic E-state index is -4.18. The number of amidine groups is 1. The molecule has 4 heterocycles. The van der Waals surface area contributed by atoms with Crippen LogP contribution in [0.4, 0.5) is 19.0 Å². The van der Waals surface area contributed by atoms with Crippen molar-refractivity contribution >= 4 is 23.8 Å². The molecule has 0 aliphatic carbocycles. The Morgan fingerprint density at radius 1 is 1.19 bits per heavy atom. The molecule has 11 heteroatoms. The second-order valence-electron chi connectivity index (χ2n) is 9.31. The zero-order valence-electron chi connectivity index (χ0n) is 20.0. The number of nitrogens with two attached hydrogens (primary N) is 1. The van der Waals surface area contributed by atoms with Gasteiger partial charge in [0.25, 0.3) is 11.7 Å². The maximum absolute atomic E-state index is 12.8. The number of carbonyl (C=O) groups excluding carboxylic acids is 1. The zero-order chi connectivity index (χ0) is 26.0. The summed E-state index contributed by atoms with van der Waals surface area (Å²) in [5.41, 5.74) is 2.64. The predicted octanol–water partition coefficient (Wildman–Crippen LogP) is 4.22. The van der Waals surface area contributed by atoms with Crippen LogP contribution in [0.5, 0.6) is 0 Å². The Morgan fingerprint density at radius 3 is 2.73 bits per heavy atom. The number of piperidine rings is 1. The van der Waals surface area contributed by atoms with E-state index in [-0.39, 0.29) is 23.0 Å². The number of nitrogens with one attached hydrogen (secondary N) is 1. The van der Waals surface area contributed by atoms with E-state index in [9.17, 15) is 18.0 Å². The van der Waals surface area contributed by atoms with E-state index in [0.717, 1.165) is 24.1 Å². The molecule has 1 amide bonds. The molecule has 3 N–H and O–H groups in total. The molecule has 1 saturated heterocycles. The van der Waals surface area contributed by atoms with Crippen molar-refractivity contribution in [1.29, 1.82) is 0 Å². The van der Waals surface area contributed by atoms with E-state index in [2.05, 4.69) is 15.3 Å². The van der Waals surface area contributed by atoms with E-state index in [1.54, 1.807) is 67.3 Å². The summed E-state index contributed by atoms with van der Waals surface area (Å²) < 4.78 is 38.1. The summed E-state index contributed by atoms with van der Waals surface area (Å²) in [6.45, 7) is 1.08. The maximum atomic E-state index is 12.8. The first-order valence-electron chi connectivity index (χ1n) is 12.1. The van der Waals surface area contributed by atoms with Crippen LogP contribution in [0.3, 0.4) is 0 Å². The molecule has 8 nitrogen and oxygen atoms in total. The fourth-order valence-corrected chi connectivity index (χ4v) is 4.87. The molecule has 3 aliphatic rings. The quantitative estimate of drug-likeness (QED) is 0.450. The number of quaternary nitrogens is 1. The van der Waals surface area contributed by atoms with Gasteiger partial charge in [-0.25, -0.2) is 4.98 Å². The molecule has 37 heavy (non-hydrogen) atoms. The highest BCUT2D eigenvalue weighted by Crippen LogP contribution is 2.37. The lowest BCUT2D eigenvalue weighted by molar-refractivity contribution is -0.750. The number of rotatable bonds is 6. The number of likely N-dealkylation sites (tertiary alicyclic amines) is 1. The van der Waals surface area contributed by atoms with Gasteiger partial charge in [0.1, 0.15) is 17.7 Å². The highest BCUT2D eigenvalue weighted by atomic mass is 19.4. The molecular weight excluding hydrogens is 483 g/mol. The lowest BCUT2D eigenvalue weighted by Gasteiger charge is -2.33. The summed E-state index contributed by atoms with van der Waals surface area (Å²) in [4.78, 5) is 27.7. The summed E-state index contributed by atoms with van der Waals surface area (Å²) in [6.07, 6.45) is 3.18. The number of hydrogen-bond donors (Lipinski definition) is 2. The van der Waals surface area contributed by atoms with Gasteiger partial charge in [0, 0.05) is 30.8 Å². The number of amides is 1. The molecule has 2 unspecified atom stereocenters. The Bertz CT molecular complexity index is 1290. The van der Waals surface area contributed by atoms with Gasteiger partial charge in [0.05, 0.1) is 24.4 Å². The highest BCUT2D eigenvalue weighted by Gasteiger charge is 2.46. The number of fused-ring (bicyclic) bond motifs is 1. The van der Waals surface area contributed by atoms with Crippen molar-refractivity contribution in [3.05, 3.63) is 83.6 Å². The fraction of sp³-hybridized carbons (Fsp3) is 0.308. The topological polar surface area (TPSA) is 96.0 Å². The van der Waals surface area contributed by atoms with Gasteiger partial charge in [-0.2, -0.15) is 24.0 Å². The molecule has 0 saturated carbocycles. The summed E-state index contributed by atoms with van der Waals surface area (Å²) in [7, 11) is 0. The van der Waals surface area contributed by atoms with E-state index in [1.807, 2.05) is 4.90 Å². The molecule has 0 radical (unpaired) electrons. The zero-order valence-corrected chi connectivity index (χ0v) is 20.0. The molecule has 1 fully saturated rings. The van der Waals surface area contributed by atoms with Crippen LogP contribution >= 0.6 is 0 Å². The van der Waals surface area contributed by atoms with Gasteiger partial charge in [0.2, 0.25) is 5.70 Å². The number of halogens is 3. The van der Waals surface area contributed by atoms with Crippen molar-refractivity contribution in [2.24, 2.45) is 21.7 Å². The molecule has 1 aromatic carbocycles. The average molecular weight is 511 g/mol. The van der Waals surface area contributed by atoms with Crippen molar-refractivity contribution in [3.8, 4) is 0 Å². The van der Waals surface area contributed by atoms with E-state index < -0.39 is 12.6 Å². The summed E-state index contributed by atoms with van der Waals surface area (Å²) >= 11 is 0. The van der Waals surface area contributed by atoms with E-state index >= 15 is 0 Å². The number of benzene rings is 1. The number of nitrogens with zero attached hydrogens (tertiary/aromatic N) is 5. The van der Waals surface area contributed by atoms with Crippen LogP contribution in [0, 0.1) is 5.92 Å². The second kappa shape index (κ2) is 10.0. The van der Waals surface area contributed by atoms with Crippen molar-refractivity contribution in [2.45, 2.75) is 25.4 Å². The van der Waals surface area contributed by atoms with Crippen LogP contribution in [-0.4, -0.2) is 58.2 Å². The lowest BCUT2D eigenvalue weighted by Crippen LogP contribution is -2.53. The number of hydrogen-bond acceptors (Lipinski definition) is 6. The van der Waals surface area contributed by atoms with Crippen LogP contribution in [0.25, 0.3) is 0 Å². The first-order valence-corrected chi connectivity index (χ1v) is 12.1. The smallest absolute Gasteiger partial charge is 0.307 e. The van der Waals surface area contributed by atoms with Gasteiger partial charge in [-0.1, -0.05) is 6.07 Å². The number of anilines is 1. The highest BCUT2D eigenvalue weighted by molar-refractivity contribution is 6.05. The van der Waals surface area contributed by atoms with E-state index in [4.69, 9.17) is 10.8 Å². The Balaban J connectivity index is 1.37. The maximum Gasteiger partial charge on any atom is 0.390 e. The normalized spacial score (nSPS) is 23.7. The molecule has 0 spiro atoms. The molecule has 3 aliphatic heterocycles. The number of alkyl halides is 3. The van der Waals surface area contributed by atoms with Gasteiger partial charge >= 0.3 is 6.18 Å². The Hall–Kier alpha value is -3.67. The summed E-state index contributed by atoms with van der Waals surface area (Å²) in [5, 5.41) is 2.75. The largest absolute Gasteiger partial charge is 0.390 e. The number of aromatic nitrogens is 1. The molecule has 1 aromatic heterocycles. The summed E-state index contributed by atoms with van der Waals surface area (Å²) in [5.74, 6) is 7.48. The van der Waals surface area contributed by atoms with Crippen molar-refractivity contribution < 1.29 is 22.6 Å². The van der Waals surface area contributed by atoms with Crippen LogP contribution in [0.2, 0.25) is 0 Å². The van der Waals surface area contributed by atoms with Crippen molar-refractivity contribution in [3.63, 3.8) is 0 Å². The molecule has 0 bridgehead atoms. The molecule has 2 aromatic rings. The van der Waals surface area contributed by atoms with Gasteiger partial charge < -0.3 is 10.2 Å². The van der Waals surface area contributed by atoms with E-state index in [1.165, 1.54) is 0 Å². The summed E-state index contributed by atoms with van der Waals surface area (Å²) in [6, 6.07) is 12.2. The van der Waals surface area contributed by atoms with Crippen LogP contribution in [0.15, 0.2) is 82.4 Å². The SMILES string of the molecule is N[N+]12C=CN=CC1=C(C1CCCN(CCC(F)(F)F)C1)N=C2c1ccc(C(=O)Nc2ccccn2)cc1. The first-order chi connectivity index (χ1) is 17.7. The van der Waals surface area contributed by atoms with Crippen molar-refractivity contribution in [2.75, 3.05) is 25.0 Å². The van der Waals surface area contributed by atoms with Crippen LogP contribution in [-0.2, 0) is 0 Å². The molecule has 2 atom stereocenters. The number of carbonyl (C=O) groups is 1. The second-order valence-corrected chi connectivity index (χ2v) is 9.31. The molecular formula is C26H27F3N7O+. The third-order valence-electron chi connectivity index (χ3n) is 6.74. The monoisotopic (exact) mass is 510 g/mol. The van der Waals surface area contributed by atoms with Gasteiger partial charge in [0.15, 0.2) is 0 Å².